The van der Waals surface area contributed by atoms with Crippen molar-refractivity contribution < 1.29 is 8.78 Å². The molecule has 0 aliphatic carbocycles. The highest BCUT2D eigenvalue weighted by Gasteiger charge is 2.09. The van der Waals surface area contributed by atoms with Gasteiger partial charge in [0, 0.05) is 9.26 Å². The van der Waals surface area contributed by atoms with E-state index in [1.54, 1.807) is 18.2 Å². The van der Waals surface area contributed by atoms with Crippen LogP contribution in [-0.2, 0) is 0 Å². The lowest BCUT2D eigenvalue weighted by atomic mass is 10.2. The smallest absolute Gasteiger partial charge is 0.149 e. The van der Waals surface area contributed by atoms with Crippen LogP contribution in [0.25, 0.3) is 0 Å². The van der Waals surface area contributed by atoms with Gasteiger partial charge in [-0.3, -0.25) is 0 Å². The summed E-state index contributed by atoms with van der Waals surface area (Å²) >= 11 is 2.05. The van der Waals surface area contributed by atoms with Crippen LogP contribution < -0.4 is 11.1 Å². The molecule has 0 heterocycles. The molecule has 0 spiro atoms. The Kier molecular flexibility index (Phi) is 3.46. The molecule has 0 saturated heterocycles. The number of nitrogen functional groups attached to an aromatic ring is 1. The zero-order valence-corrected chi connectivity index (χ0v) is 10.8. The molecule has 2 rings (SSSR count). The van der Waals surface area contributed by atoms with E-state index >= 15 is 0 Å². The van der Waals surface area contributed by atoms with E-state index in [9.17, 15) is 8.78 Å². The minimum absolute atomic E-state index is 0.157. The number of nitrogens with one attached hydrogen (secondary N) is 1. The van der Waals surface area contributed by atoms with Crippen LogP contribution in [0.3, 0.4) is 0 Å². The Labute approximate surface area is 111 Å². The average molecular weight is 346 g/mol. The van der Waals surface area contributed by atoms with E-state index in [1.807, 2.05) is 22.6 Å². The summed E-state index contributed by atoms with van der Waals surface area (Å²) in [5, 5.41) is 2.72. The topological polar surface area (TPSA) is 38.0 Å². The Morgan fingerprint density at radius 3 is 2.29 bits per heavy atom. The summed E-state index contributed by atoms with van der Waals surface area (Å²) in [4.78, 5) is 0. The first kappa shape index (κ1) is 12.1. The van der Waals surface area contributed by atoms with Crippen molar-refractivity contribution in [1.29, 1.82) is 0 Å². The second-order valence-electron chi connectivity index (χ2n) is 3.46. The molecule has 0 amide bonds. The maximum atomic E-state index is 13.4. The summed E-state index contributed by atoms with van der Waals surface area (Å²) in [5.74, 6) is -1.25. The lowest BCUT2D eigenvalue weighted by Crippen LogP contribution is -1.99. The van der Waals surface area contributed by atoms with Gasteiger partial charge in [-0.15, -0.1) is 0 Å². The van der Waals surface area contributed by atoms with E-state index in [2.05, 4.69) is 5.32 Å². The van der Waals surface area contributed by atoms with Crippen LogP contribution in [0.2, 0.25) is 0 Å². The van der Waals surface area contributed by atoms with Gasteiger partial charge in [0.1, 0.15) is 17.3 Å². The number of benzene rings is 2. The largest absolute Gasteiger partial charge is 0.399 e. The molecule has 0 fully saturated rings. The number of nitrogens with two attached hydrogens (primary N) is 1. The summed E-state index contributed by atoms with van der Waals surface area (Å²) in [5.41, 5.74) is 6.66. The van der Waals surface area contributed by atoms with Crippen LogP contribution >= 0.6 is 22.6 Å². The molecular formula is C12H9F2IN2. The SMILES string of the molecule is Nc1ccc(Nc2c(F)cccc2F)c(I)c1. The Morgan fingerprint density at radius 2 is 1.71 bits per heavy atom. The Morgan fingerprint density at radius 1 is 1.06 bits per heavy atom. The Balaban J connectivity index is 2.38. The first-order valence-corrected chi connectivity index (χ1v) is 5.92. The molecular weight excluding hydrogens is 337 g/mol. The normalized spacial score (nSPS) is 10.3. The molecule has 3 N–H and O–H groups in total. The molecule has 0 atom stereocenters. The number of hydrogen-bond donors (Lipinski definition) is 2. The molecule has 0 unspecified atom stereocenters. The van der Waals surface area contributed by atoms with E-state index in [0.717, 1.165) is 3.57 Å². The molecule has 5 heteroatoms. The standard InChI is InChI=1S/C12H9F2IN2/c13-8-2-1-3-9(14)12(8)17-11-5-4-7(16)6-10(11)15/h1-6,17H,16H2. The van der Waals surface area contributed by atoms with Gasteiger partial charge >= 0.3 is 0 Å². The van der Waals surface area contributed by atoms with Gasteiger partial charge in [-0.1, -0.05) is 6.07 Å². The number of para-hydroxylation sites is 1. The lowest BCUT2D eigenvalue weighted by molar-refractivity contribution is 0.591. The van der Waals surface area contributed by atoms with Crippen molar-refractivity contribution >= 4 is 39.7 Å². The van der Waals surface area contributed by atoms with Crippen molar-refractivity contribution in [1.82, 2.24) is 0 Å². The third kappa shape index (κ3) is 2.66. The summed E-state index contributed by atoms with van der Waals surface area (Å²) in [6, 6.07) is 8.81. The summed E-state index contributed by atoms with van der Waals surface area (Å²) in [6.45, 7) is 0. The number of anilines is 3. The maximum absolute atomic E-state index is 13.4. The first-order chi connectivity index (χ1) is 8.08. The summed E-state index contributed by atoms with van der Waals surface area (Å²) in [7, 11) is 0. The van der Waals surface area contributed by atoms with Gasteiger partial charge < -0.3 is 11.1 Å². The van der Waals surface area contributed by atoms with Gasteiger partial charge in [-0.2, -0.15) is 0 Å². The molecule has 0 radical (unpaired) electrons. The second kappa shape index (κ2) is 4.87. The van der Waals surface area contributed by atoms with Gasteiger partial charge in [0.25, 0.3) is 0 Å². The molecule has 2 aromatic carbocycles. The van der Waals surface area contributed by atoms with Crippen LogP contribution in [0, 0.1) is 15.2 Å². The van der Waals surface area contributed by atoms with E-state index in [1.165, 1.54) is 18.2 Å². The highest BCUT2D eigenvalue weighted by Crippen LogP contribution is 2.27. The Hall–Kier alpha value is -1.37. The van der Waals surface area contributed by atoms with Crippen molar-refractivity contribution in [2.24, 2.45) is 0 Å². The fourth-order valence-electron chi connectivity index (χ4n) is 1.38. The zero-order valence-electron chi connectivity index (χ0n) is 8.68. The molecule has 88 valence electrons. The average Bonchev–Trinajstić information content (AvgIpc) is 2.26. The Bertz CT molecular complexity index is 538. The molecule has 0 aliphatic heterocycles. The van der Waals surface area contributed by atoms with Crippen molar-refractivity contribution in [2.45, 2.75) is 0 Å². The van der Waals surface area contributed by atoms with Gasteiger partial charge in [-0.25, -0.2) is 8.78 Å². The van der Waals surface area contributed by atoms with Gasteiger partial charge in [0.05, 0.1) is 5.69 Å². The van der Waals surface area contributed by atoms with Crippen molar-refractivity contribution in [3.05, 3.63) is 51.6 Å². The third-order valence-corrected chi connectivity index (χ3v) is 3.11. The summed E-state index contributed by atoms with van der Waals surface area (Å²) in [6.07, 6.45) is 0. The quantitative estimate of drug-likeness (QED) is 0.640. The van der Waals surface area contributed by atoms with Gasteiger partial charge in [0.2, 0.25) is 0 Å². The highest BCUT2D eigenvalue weighted by molar-refractivity contribution is 14.1. The van der Waals surface area contributed by atoms with Crippen molar-refractivity contribution in [3.63, 3.8) is 0 Å². The van der Waals surface area contributed by atoms with E-state index in [0.29, 0.717) is 11.4 Å². The van der Waals surface area contributed by atoms with E-state index < -0.39 is 11.6 Å². The van der Waals surface area contributed by atoms with Crippen molar-refractivity contribution in [2.75, 3.05) is 11.1 Å². The zero-order chi connectivity index (χ0) is 12.4. The molecule has 0 bridgehead atoms. The predicted octanol–water partition coefficient (Wildman–Crippen LogP) is 3.90. The number of halogens is 3. The molecule has 0 aromatic heterocycles. The molecule has 0 aliphatic rings. The van der Waals surface area contributed by atoms with Crippen LogP contribution in [0.1, 0.15) is 0 Å². The third-order valence-electron chi connectivity index (χ3n) is 2.22. The minimum atomic E-state index is -0.627. The molecule has 0 saturated carbocycles. The maximum Gasteiger partial charge on any atom is 0.149 e. The highest BCUT2D eigenvalue weighted by atomic mass is 127. The van der Waals surface area contributed by atoms with Crippen LogP contribution in [0.4, 0.5) is 25.8 Å². The number of rotatable bonds is 2. The van der Waals surface area contributed by atoms with E-state index in [4.69, 9.17) is 5.73 Å². The second-order valence-corrected chi connectivity index (χ2v) is 4.62. The monoisotopic (exact) mass is 346 g/mol. The van der Waals surface area contributed by atoms with Crippen LogP contribution in [-0.4, -0.2) is 0 Å². The van der Waals surface area contributed by atoms with E-state index in [-0.39, 0.29) is 5.69 Å². The fraction of sp³-hybridized carbons (Fsp3) is 0. The van der Waals surface area contributed by atoms with Gasteiger partial charge in [-0.05, 0) is 52.9 Å². The first-order valence-electron chi connectivity index (χ1n) is 4.84. The molecule has 2 aromatic rings. The molecule has 2 nitrogen and oxygen atoms in total. The molecule has 17 heavy (non-hydrogen) atoms. The summed E-state index contributed by atoms with van der Waals surface area (Å²) < 4.78 is 27.6. The number of hydrogen-bond acceptors (Lipinski definition) is 2. The lowest BCUT2D eigenvalue weighted by Gasteiger charge is -2.10. The van der Waals surface area contributed by atoms with Crippen LogP contribution in [0.5, 0.6) is 0 Å². The van der Waals surface area contributed by atoms with Gasteiger partial charge in [0.15, 0.2) is 0 Å². The van der Waals surface area contributed by atoms with Crippen LogP contribution in [0.15, 0.2) is 36.4 Å². The van der Waals surface area contributed by atoms with Crippen molar-refractivity contribution in [3.8, 4) is 0 Å². The minimum Gasteiger partial charge on any atom is -0.399 e. The fourth-order valence-corrected chi connectivity index (χ4v) is 2.06. The predicted molar refractivity (Wildman–Crippen MR) is 73.2 cm³/mol.